The van der Waals surface area contributed by atoms with Gasteiger partial charge in [-0.25, -0.2) is 4.79 Å². The van der Waals surface area contributed by atoms with Crippen LogP contribution in [0.3, 0.4) is 0 Å². The number of aliphatic hydroxyl groups excluding tert-OH is 1. The van der Waals surface area contributed by atoms with Crippen molar-refractivity contribution in [1.82, 2.24) is 4.90 Å². The monoisotopic (exact) mass is 243 g/mol. The summed E-state index contributed by atoms with van der Waals surface area (Å²) in [7, 11) is 0. The second-order valence-corrected chi connectivity index (χ2v) is 6.84. The van der Waals surface area contributed by atoms with E-state index in [4.69, 9.17) is 4.74 Å². The molecule has 4 nitrogen and oxygen atoms in total. The number of amides is 1. The van der Waals surface area contributed by atoms with E-state index in [-0.39, 0.29) is 17.6 Å². The second kappa shape index (κ2) is 4.48. The Kier molecular flexibility index (Phi) is 3.77. The first-order chi connectivity index (χ1) is 7.52. The van der Waals surface area contributed by atoms with E-state index >= 15 is 0 Å². The molecule has 0 aromatic rings. The third kappa shape index (κ3) is 3.60. The van der Waals surface area contributed by atoms with Crippen LogP contribution in [-0.2, 0) is 4.74 Å². The molecule has 4 heteroatoms. The molecule has 1 fully saturated rings. The molecule has 0 aromatic heterocycles. The minimum atomic E-state index is -0.493. The first-order valence-electron chi connectivity index (χ1n) is 6.20. The molecule has 1 heterocycles. The van der Waals surface area contributed by atoms with Crippen LogP contribution in [0, 0.1) is 5.41 Å². The van der Waals surface area contributed by atoms with Crippen LogP contribution < -0.4 is 0 Å². The molecule has 0 radical (unpaired) electrons. The van der Waals surface area contributed by atoms with Crippen LogP contribution in [0.15, 0.2) is 0 Å². The summed E-state index contributed by atoms with van der Waals surface area (Å²) in [5.74, 6) is 0. The zero-order valence-corrected chi connectivity index (χ0v) is 11.8. The number of aliphatic hydroxyl groups is 1. The lowest BCUT2D eigenvalue weighted by Gasteiger charge is -2.37. The highest BCUT2D eigenvalue weighted by molar-refractivity contribution is 5.69. The fourth-order valence-corrected chi connectivity index (χ4v) is 2.35. The van der Waals surface area contributed by atoms with E-state index in [1.807, 2.05) is 41.5 Å². The van der Waals surface area contributed by atoms with Gasteiger partial charge < -0.3 is 14.7 Å². The number of hydrogen-bond donors (Lipinski definition) is 1. The van der Waals surface area contributed by atoms with Crippen molar-refractivity contribution >= 4 is 6.09 Å². The van der Waals surface area contributed by atoms with Gasteiger partial charge in [-0.2, -0.15) is 0 Å². The van der Waals surface area contributed by atoms with Gasteiger partial charge in [-0.1, -0.05) is 20.8 Å². The molecule has 0 spiro atoms. The molecule has 0 aliphatic carbocycles. The van der Waals surface area contributed by atoms with Crippen molar-refractivity contribution in [2.75, 3.05) is 6.54 Å². The summed E-state index contributed by atoms with van der Waals surface area (Å²) in [6, 6.07) is -0.169. The summed E-state index contributed by atoms with van der Waals surface area (Å²) in [6.07, 6.45) is -0.155. The van der Waals surface area contributed by atoms with Crippen molar-refractivity contribution < 1.29 is 14.6 Å². The second-order valence-electron chi connectivity index (χ2n) is 6.84. The highest BCUT2D eigenvalue weighted by Crippen LogP contribution is 2.33. The third-order valence-electron chi connectivity index (χ3n) is 2.88. The topological polar surface area (TPSA) is 49.8 Å². The van der Waals surface area contributed by atoms with Gasteiger partial charge in [0.1, 0.15) is 5.60 Å². The quantitative estimate of drug-likeness (QED) is 0.710. The number of rotatable bonds is 0. The Morgan fingerprint density at radius 2 is 1.76 bits per heavy atom. The lowest BCUT2D eigenvalue weighted by molar-refractivity contribution is -0.00381. The molecule has 17 heavy (non-hydrogen) atoms. The lowest BCUT2D eigenvalue weighted by Crippen LogP contribution is -2.49. The van der Waals surface area contributed by atoms with Gasteiger partial charge in [0.15, 0.2) is 0 Å². The molecular formula is C13H25NO3. The summed E-state index contributed by atoms with van der Waals surface area (Å²) in [4.78, 5) is 13.7. The van der Waals surface area contributed by atoms with Crippen LogP contribution in [0.1, 0.15) is 48.0 Å². The van der Waals surface area contributed by atoms with Crippen LogP contribution in [-0.4, -0.2) is 40.4 Å². The normalized spacial score (nSPS) is 26.2. The fourth-order valence-electron chi connectivity index (χ4n) is 2.35. The van der Waals surface area contributed by atoms with E-state index < -0.39 is 11.7 Å². The Hall–Kier alpha value is -0.770. The highest BCUT2D eigenvalue weighted by Gasteiger charge is 2.44. The van der Waals surface area contributed by atoms with Crippen LogP contribution in [0.4, 0.5) is 4.79 Å². The summed E-state index contributed by atoms with van der Waals surface area (Å²) in [5, 5.41) is 9.99. The summed E-state index contributed by atoms with van der Waals surface area (Å²) < 4.78 is 5.37. The Balaban J connectivity index is 2.80. The molecule has 0 bridgehead atoms. The molecule has 1 N–H and O–H groups in total. The largest absolute Gasteiger partial charge is 0.444 e. The number of likely N-dealkylation sites (tertiary alicyclic amines) is 1. The fraction of sp³-hybridized carbons (Fsp3) is 0.923. The first kappa shape index (κ1) is 14.3. The number of carbonyl (C=O) groups is 1. The zero-order chi connectivity index (χ0) is 13.4. The molecule has 100 valence electrons. The van der Waals surface area contributed by atoms with Crippen molar-refractivity contribution in [2.45, 2.75) is 65.7 Å². The molecular weight excluding hydrogens is 218 g/mol. The van der Waals surface area contributed by atoms with Gasteiger partial charge in [0.25, 0.3) is 0 Å². The van der Waals surface area contributed by atoms with E-state index in [2.05, 4.69) is 0 Å². The Morgan fingerprint density at radius 1 is 1.24 bits per heavy atom. The van der Waals surface area contributed by atoms with Crippen molar-refractivity contribution in [2.24, 2.45) is 5.41 Å². The zero-order valence-electron chi connectivity index (χ0n) is 11.8. The number of ether oxygens (including phenoxy) is 1. The van der Waals surface area contributed by atoms with Crippen molar-refractivity contribution in [1.29, 1.82) is 0 Å². The van der Waals surface area contributed by atoms with Gasteiger partial charge in [0.05, 0.1) is 12.1 Å². The average molecular weight is 243 g/mol. The van der Waals surface area contributed by atoms with Gasteiger partial charge in [-0.3, -0.25) is 0 Å². The summed E-state index contributed by atoms with van der Waals surface area (Å²) in [5.41, 5.74) is -0.639. The summed E-state index contributed by atoms with van der Waals surface area (Å²) >= 11 is 0. The molecule has 1 unspecified atom stereocenters. The van der Waals surface area contributed by atoms with E-state index in [0.717, 1.165) is 0 Å². The van der Waals surface area contributed by atoms with E-state index in [1.54, 1.807) is 4.90 Å². The molecule has 1 amide bonds. The molecule has 1 saturated heterocycles. The number of hydrogen-bond acceptors (Lipinski definition) is 3. The standard InChI is InChI=1S/C13H25NO3/c1-12(2,3)10-9(15)7-8-14(10)11(16)17-13(4,5)6/h9-10,15H,7-8H2,1-6H3/t9?,10-/m0/s1. The van der Waals surface area contributed by atoms with E-state index in [1.165, 1.54) is 0 Å². The minimum Gasteiger partial charge on any atom is -0.444 e. The van der Waals surface area contributed by atoms with E-state index in [9.17, 15) is 9.90 Å². The summed E-state index contributed by atoms with van der Waals surface area (Å²) in [6.45, 7) is 12.2. The van der Waals surface area contributed by atoms with Crippen LogP contribution in [0.2, 0.25) is 0 Å². The first-order valence-corrected chi connectivity index (χ1v) is 6.20. The Morgan fingerprint density at radius 3 is 2.18 bits per heavy atom. The maximum absolute atomic E-state index is 12.1. The predicted molar refractivity (Wildman–Crippen MR) is 66.8 cm³/mol. The lowest BCUT2D eigenvalue weighted by atomic mass is 9.84. The van der Waals surface area contributed by atoms with Crippen molar-refractivity contribution in [3.05, 3.63) is 0 Å². The molecule has 1 aliphatic heterocycles. The van der Waals surface area contributed by atoms with Crippen LogP contribution >= 0.6 is 0 Å². The maximum Gasteiger partial charge on any atom is 0.410 e. The molecule has 1 rings (SSSR count). The SMILES string of the molecule is CC(C)(C)OC(=O)N1CCC(O)[C@H]1C(C)(C)C. The maximum atomic E-state index is 12.1. The van der Waals surface area contributed by atoms with Crippen LogP contribution in [0.5, 0.6) is 0 Å². The van der Waals surface area contributed by atoms with E-state index in [0.29, 0.717) is 13.0 Å². The van der Waals surface area contributed by atoms with Gasteiger partial charge >= 0.3 is 6.09 Å². The minimum absolute atomic E-state index is 0.146. The molecule has 1 aliphatic rings. The molecule has 2 atom stereocenters. The van der Waals surface area contributed by atoms with Gasteiger partial charge in [-0.05, 0) is 32.6 Å². The predicted octanol–water partition coefficient (Wildman–Crippen LogP) is 2.40. The smallest absolute Gasteiger partial charge is 0.410 e. The van der Waals surface area contributed by atoms with Crippen molar-refractivity contribution in [3.8, 4) is 0 Å². The van der Waals surface area contributed by atoms with Crippen LogP contribution in [0.25, 0.3) is 0 Å². The third-order valence-corrected chi connectivity index (χ3v) is 2.88. The van der Waals surface area contributed by atoms with Gasteiger partial charge in [-0.15, -0.1) is 0 Å². The highest BCUT2D eigenvalue weighted by atomic mass is 16.6. The Bertz CT molecular complexity index is 288. The average Bonchev–Trinajstić information content (AvgIpc) is 2.42. The number of carbonyl (C=O) groups excluding carboxylic acids is 1. The molecule has 0 saturated carbocycles. The Labute approximate surface area is 104 Å². The molecule has 0 aromatic carbocycles. The van der Waals surface area contributed by atoms with Crippen molar-refractivity contribution in [3.63, 3.8) is 0 Å². The van der Waals surface area contributed by atoms with Gasteiger partial charge in [0.2, 0.25) is 0 Å². The number of nitrogens with zero attached hydrogens (tertiary/aromatic N) is 1. The van der Waals surface area contributed by atoms with Gasteiger partial charge in [0, 0.05) is 6.54 Å².